The fourth-order valence-electron chi connectivity index (χ4n) is 5.01. The second kappa shape index (κ2) is 10.4. The molecular formula is C28H41N3O. The van der Waals surface area contributed by atoms with Crippen LogP contribution in [0.2, 0.25) is 0 Å². The summed E-state index contributed by atoms with van der Waals surface area (Å²) in [5.74, 6) is 0.702. The minimum absolute atomic E-state index is 0.0128. The Morgan fingerprint density at radius 2 is 1.47 bits per heavy atom. The van der Waals surface area contributed by atoms with Gasteiger partial charge in [-0.25, -0.2) is 4.79 Å². The highest BCUT2D eigenvalue weighted by molar-refractivity contribution is 5.91. The van der Waals surface area contributed by atoms with E-state index in [1.807, 2.05) is 0 Å². The van der Waals surface area contributed by atoms with E-state index in [0.29, 0.717) is 18.4 Å². The lowest BCUT2D eigenvalue weighted by Crippen LogP contribution is -2.43. The molecule has 3 rings (SSSR count). The molecule has 174 valence electrons. The van der Waals surface area contributed by atoms with Gasteiger partial charge in [0, 0.05) is 37.4 Å². The molecule has 2 aromatic rings. The molecule has 2 N–H and O–H groups in total. The second-order valence-electron chi connectivity index (χ2n) is 10.2. The lowest BCUT2D eigenvalue weighted by Gasteiger charge is -2.38. The average Bonchev–Trinajstić information content (AvgIpc) is 2.78. The highest BCUT2D eigenvalue weighted by atomic mass is 16.2. The molecule has 0 unspecified atom stereocenters. The van der Waals surface area contributed by atoms with E-state index in [1.165, 1.54) is 41.6 Å². The van der Waals surface area contributed by atoms with Gasteiger partial charge in [-0.3, -0.25) is 0 Å². The van der Waals surface area contributed by atoms with Gasteiger partial charge in [0.25, 0.3) is 0 Å². The van der Waals surface area contributed by atoms with Gasteiger partial charge in [-0.05, 0) is 53.5 Å². The van der Waals surface area contributed by atoms with Crippen LogP contribution in [0, 0.1) is 0 Å². The molecule has 32 heavy (non-hydrogen) atoms. The normalized spacial score (nSPS) is 15.6. The summed E-state index contributed by atoms with van der Waals surface area (Å²) >= 11 is 0. The topological polar surface area (TPSA) is 44.4 Å². The summed E-state index contributed by atoms with van der Waals surface area (Å²) < 4.78 is 0. The van der Waals surface area contributed by atoms with E-state index in [2.05, 4.69) is 99.8 Å². The molecule has 0 aromatic heterocycles. The number of urea groups is 1. The molecule has 2 aromatic carbocycles. The van der Waals surface area contributed by atoms with E-state index < -0.39 is 0 Å². The number of hydrogen-bond acceptors (Lipinski definition) is 2. The minimum atomic E-state index is -0.102. The summed E-state index contributed by atoms with van der Waals surface area (Å²) in [5.41, 5.74) is 5.92. The third-order valence-electron chi connectivity index (χ3n) is 7.01. The first kappa shape index (κ1) is 24.2. The molecule has 0 bridgehead atoms. The van der Waals surface area contributed by atoms with Crippen LogP contribution in [-0.4, -0.2) is 26.7 Å². The van der Waals surface area contributed by atoms with Gasteiger partial charge in [0.2, 0.25) is 0 Å². The molecular weight excluding hydrogens is 394 g/mol. The molecule has 0 heterocycles. The van der Waals surface area contributed by atoms with Crippen molar-refractivity contribution in [2.75, 3.05) is 30.9 Å². The van der Waals surface area contributed by atoms with E-state index in [0.717, 1.165) is 18.5 Å². The monoisotopic (exact) mass is 435 g/mol. The molecule has 4 nitrogen and oxygen atoms in total. The molecule has 0 aliphatic heterocycles. The standard InChI is InChI=1S/C28H41N3O/c1-20(2)24-11-10-12-25(21(3)4)26(24)30-27(32)29-19-28(17-8-7-9-18-28)22-13-15-23(16-14-22)31(5)6/h10-16,20-21H,7-9,17-19H2,1-6H3,(H2,29,30,32). The number of para-hydroxylation sites is 1. The summed E-state index contributed by atoms with van der Waals surface area (Å²) in [4.78, 5) is 15.2. The zero-order valence-electron chi connectivity index (χ0n) is 20.8. The van der Waals surface area contributed by atoms with Crippen LogP contribution >= 0.6 is 0 Å². The number of nitrogens with zero attached hydrogens (tertiary/aromatic N) is 1. The summed E-state index contributed by atoms with van der Waals surface area (Å²) in [5, 5.41) is 6.47. The molecule has 0 spiro atoms. The number of carbonyl (C=O) groups excluding carboxylic acids is 1. The van der Waals surface area contributed by atoms with E-state index in [1.54, 1.807) is 0 Å². The molecule has 4 heteroatoms. The first-order valence-electron chi connectivity index (χ1n) is 12.2. The summed E-state index contributed by atoms with van der Waals surface area (Å²) in [7, 11) is 4.13. The maximum Gasteiger partial charge on any atom is 0.319 e. The lowest BCUT2D eigenvalue weighted by molar-refractivity contribution is 0.240. The van der Waals surface area contributed by atoms with Crippen molar-refractivity contribution in [3.8, 4) is 0 Å². The van der Waals surface area contributed by atoms with Crippen molar-refractivity contribution < 1.29 is 4.79 Å². The molecule has 2 amide bonds. The van der Waals surface area contributed by atoms with Gasteiger partial charge in [-0.15, -0.1) is 0 Å². The first-order chi connectivity index (χ1) is 15.2. The molecule has 0 radical (unpaired) electrons. The van der Waals surface area contributed by atoms with Crippen LogP contribution in [0.4, 0.5) is 16.2 Å². The zero-order valence-corrected chi connectivity index (χ0v) is 20.8. The Hall–Kier alpha value is -2.49. The highest BCUT2D eigenvalue weighted by Crippen LogP contribution is 2.39. The smallest absolute Gasteiger partial charge is 0.319 e. The number of carbonyl (C=O) groups is 1. The van der Waals surface area contributed by atoms with E-state index in [-0.39, 0.29) is 11.4 Å². The Balaban J connectivity index is 1.78. The number of amides is 2. The summed E-state index contributed by atoms with van der Waals surface area (Å²) in [6.45, 7) is 9.38. The number of anilines is 2. The number of rotatable bonds is 7. The fourth-order valence-corrected chi connectivity index (χ4v) is 5.01. The van der Waals surface area contributed by atoms with Crippen LogP contribution in [0.15, 0.2) is 42.5 Å². The van der Waals surface area contributed by atoms with Crippen molar-refractivity contribution in [1.29, 1.82) is 0 Å². The number of hydrogen-bond donors (Lipinski definition) is 2. The summed E-state index contributed by atoms with van der Waals surface area (Å²) in [6.07, 6.45) is 5.95. The van der Waals surface area contributed by atoms with Crippen molar-refractivity contribution in [2.24, 2.45) is 0 Å². The van der Waals surface area contributed by atoms with Gasteiger partial charge in [0.15, 0.2) is 0 Å². The Labute approximate surface area is 194 Å². The second-order valence-corrected chi connectivity index (χ2v) is 10.2. The van der Waals surface area contributed by atoms with Gasteiger partial charge in [0.1, 0.15) is 0 Å². The van der Waals surface area contributed by atoms with Crippen LogP contribution in [0.1, 0.15) is 88.3 Å². The Kier molecular flexibility index (Phi) is 7.86. The van der Waals surface area contributed by atoms with Crippen LogP contribution in [0.5, 0.6) is 0 Å². The minimum Gasteiger partial charge on any atom is -0.378 e. The predicted octanol–water partition coefficient (Wildman–Crippen LogP) is 7.02. The average molecular weight is 436 g/mol. The van der Waals surface area contributed by atoms with Gasteiger partial charge in [-0.2, -0.15) is 0 Å². The molecule has 0 saturated heterocycles. The predicted molar refractivity (Wildman–Crippen MR) is 137 cm³/mol. The molecule has 1 fully saturated rings. The number of nitrogens with one attached hydrogen (secondary N) is 2. The van der Waals surface area contributed by atoms with Gasteiger partial charge in [0.05, 0.1) is 0 Å². The van der Waals surface area contributed by atoms with Crippen molar-refractivity contribution in [2.45, 2.75) is 77.0 Å². The van der Waals surface area contributed by atoms with Gasteiger partial charge < -0.3 is 15.5 Å². The van der Waals surface area contributed by atoms with Crippen LogP contribution < -0.4 is 15.5 Å². The zero-order chi connectivity index (χ0) is 23.3. The Morgan fingerprint density at radius 3 is 1.97 bits per heavy atom. The van der Waals surface area contributed by atoms with Crippen LogP contribution in [0.3, 0.4) is 0 Å². The van der Waals surface area contributed by atoms with Crippen molar-refractivity contribution in [1.82, 2.24) is 5.32 Å². The SMILES string of the molecule is CC(C)c1cccc(C(C)C)c1NC(=O)NCC1(c2ccc(N(C)C)cc2)CCCCC1. The highest BCUT2D eigenvalue weighted by Gasteiger charge is 2.34. The molecule has 1 saturated carbocycles. The maximum absolute atomic E-state index is 13.1. The van der Waals surface area contributed by atoms with Crippen LogP contribution in [0.25, 0.3) is 0 Å². The van der Waals surface area contributed by atoms with Crippen molar-refractivity contribution in [3.63, 3.8) is 0 Å². The van der Waals surface area contributed by atoms with E-state index in [9.17, 15) is 4.79 Å². The third-order valence-corrected chi connectivity index (χ3v) is 7.01. The fraction of sp³-hybridized carbons (Fsp3) is 0.536. The molecule has 1 aliphatic rings. The maximum atomic E-state index is 13.1. The number of benzene rings is 2. The quantitative estimate of drug-likeness (QED) is 0.490. The molecule has 1 aliphatic carbocycles. The van der Waals surface area contributed by atoms with Crippen molar-refractivity contribution in [3.05, 3.63) is 59.2 Å². The Bertz CT molecular complexity index is 867. The lowest BCUT2D eigenvalue weighted by atomic mass is 9.69. The molecule has 0 atom stereocenters. The van der Waals surface area contributed by atoms with Crippen molar-refractivity contribution >= 4 is 17.4 Å². The largest absolute Gasteiger partial charge is 0.378 e. The van der Waals surface area contributed by atoms with Gasteiger partial charge >= 0.3 is 6.03 Å². The Morgan fingerprint density at radius 1 is 0.906 bits per heavy atom. The van der Waals surface area contributed by atoms with Gasteiger partial charge in [-0.1, -0.05) is 77.3 Å². The summed E-state index contributed by atoms with van der Waals surface area (Å²) in [6, 6.07) is 15.1. The van der Waals surface area contributed by atoms with E-state index >= 15 is 0 Å². The van der Waals surface area contributed by atoms with E-state index in [4.69, 9.17) is 0 Å². The van der Waals surface area contributed by atoms with Crippen LogP contribution in [-0.2, 0) is 5.41 Å². The third kappa shape index (κ3) is 5.46. The first-order valence-corrected chi connectivity index (χ1v) is 12.2.